The van der Waals surface area contributed by atoms with E-state index in [2.05, 4.69) is 5.32 Å². The van der Waals surface area contributed by atoms with Gasteiger partial charge in [0.15, 0.2) is 6.04 Å². The first-order chi connectivity index (χ1) is 11.8. The lowest BCUT2D eigenvalue weighted by Crippen LogP contribution is -3.15. The Morgan fingerprint density at radius 2 is 1.75 bits per heavy atom. The summed E-state index contributed by atoms with van der Waals surface area (Å²) in [5, 5.41) is 3.03. The summed E-state index contributed by atoms with van der Waals surface area (Å²) in [5.41, 5.74) is 1.71. The van der Waals surface area contributed by atoms with E-state index in [-0.39, 0.29) is 11.9 Å². The number of amides is 1. The molecule has 2 aromatic rings. The van der Waals surface area contributed by atoms with Gasteiger partial charge in [0, 0.05) is 5.56 Å². The monoisotopic (exact) mass is 327 g/mol. The topological polar surface area (TPSA) is 52.0 Å². The predicted molar refractivity (Wildman–Crippen MR) is 92.3 cm³/mol. The van der Waals surface area contributed by atoms with Crippen molar-refractivity contribution in [1.29, 1.82) is 0 Å². The Hall–Kier alpha value is -2.37. The average molecular weight is 327 g/mol. The largest absolute Gasteiger partial charge is 0.495 e. The standard InChI is InChI=1S/C19H22N2O3/c1-23-17-10-6-5-9-16(17)20-19(22)18(15-7-3-2-4-8-15)21-11-13-24-14-12-21/h2-10,18H,11-14H2,1H3,(H,20,22)/p+1/t18-/m0/s1. The van der Waals surface area contributed by atoms with Crippen LogP contribution in [0.3, 0.4) is 0 Å². The number of carbonyl (C=O) groups excluding carboxylic acids is 1. The molecule has 5 nitrogen and oxygen atoms in total. The molecule has 2 aromatic carbocycles. The van der Waals surface area contributed by atoms with E-state index in [1.54, 1.807) is 7.11 Å². The van der Waals surface area contributed by atoms with Crippen LogP contribution >= 0.6 is 0 Å². The molecule has 1 saturated heterocycles. The van der Waals surface area contributed by atoms with Gasteiger partial charge in [-0.1, -0.05) is 42.5 Å². The number of nitrogens with one attached hydrogen (secondary N) is 2. The minimum absolute atomic E-state index is 0.0254. The van der Waals surface area contributed by atoms with Crippen molar-refractivity contribution in [3.63, 3.8) is 0 Å². The van der Waals surface area contributed by atoms with Crippen LogP contribution in [0.4, 0.5) is 5.69 Å². The van der Waals surface area contributed by atoms with Gasteiger partial charge < -0.3 is 19.7 Å². The molecule has 0 bridgehead atoms. The van der Waals surface area contributed by atoms with Gasteiger partial charge in [-0.15, -0.1) is 0 Å². The third-order valence-corrected chi connectivity index (χ3v) is 4.30. The minimum atomic E-state index is -0.264. The van der Waals surface area contributed by atoms with Crippen LogP contribution in [0.25, 0.3) is 0 Å². The third-order valence-electron chi connectivity index (χ3n) is 4.30. The molecule has 0 spiro atoms. The number of hydrogen-bond acceptors (Lipinski definition) is 3. The van der Waals surface area contributed by atoms with E-state index in [9.17, 15) is 4.79 Å². The van der Waals surface area contributed by atoms with Crippen LogP contribution in [0.1, 0.15) is 11.6 Å². The minimum Gasteiger partial charge on any atom is -0.495 e. The van der Waals surface area contributed by atoms with Crippen molar-refractivity contribution in [2.45, 2.75) is 6.04 Å². The van der Waals surface area contributed by atoms with Crippen LogP contribution in [0.2, 0.25) is 0 Å². The van der Waals surface area contributed by atoms with Gasteiger partial charge in [0.1, 0.15) is 18.8 Å². The van der Waals surface area contributed by atoms with Gasteiger partial charge in [0.25, 0.3) is 5.91 Å². The van der Waals surface area contributed by atoms with E-state index < -0.39 is 0 Å². The van der Waals surface area contributed by atoms with Crippen molar-refractivity contribution in [3.05, 3.63) is 60.2 Å². The Balaban J connectivity index is 1.85. The van der Waals surface area contributed by atoms with Crippen LogP contribution in [0, 0.1) is 0 Å². The summed E-state index contributed by atoms with van der Waals surface area (Å²) in [6.45, 7) is 3.00. The van der Waals surface area contributed by atoms with Crippen molar-refractivity contribution >= 4 is 11.6 Å². The van der Waals surface area contributed by atoms with Gasteiger partial charge in [0.05, 0.1) is 26.0 Å². The lowest BCUT2D eigenvalue weighted by atomic mass is 10.0. The number of para-hydroxylation sites is 2. The van der Waals surface area contributed by atoms with Gasteiger partial charge in [-0.3, -0.25) is 4.79 Å². The second-order valence-electron chi connectivity index (χ2n) is 5.80. The van der Waals surface area contributed by atoms with Crippen molar-refractivity contribution in [3.8, 4) is 5.75 Å². The number of rotatable bonds is 5. The molecule has 0 saturated carbocycles. The molecular formula is C19H23N2O3+. The number of benzene rings is 2. The van der Waals surface area contributed by atoms with Crippen molar-refractivity contribution in [1.82, 2.24) is 0 Å². The molecule has 1 fully saturated rings. The summed E-state index contributed by atoms with van der Waals surface area (Å²) in [6.07, 6.45) is 0. The molecule has 24 heavy (non-hydrogen) atoms. The van der Waals surface area contributed by atoms with Crippen molar-refractivity contribution in [2.24, 2.45) is 0 Å². The van der Waals surface area contributed by atoms with E-state index in [0.29, 0.717) is 24.7 Å². The zero-order valence-corrected chi connectivity index (χ0v) is 13.8. The number of quaternary nitrogens is 1. The second kappa shape index (κ2) is 7.95. The quantitative estimate of drug-likeness (QED) is 0.870. The molecule has 0 unspecified atom stereocenters. The fourth-order valence-electron chi connectivity index (χ4n) is 3.09. The van der Waals surface area contributed by atoms with Crippen molar-refractivity contribution < 1.29 is 19.2 Å². The van der Waals surface area contributed by atoms with Crippen LogP contribution in [0.15, 0.2) is 54.6 Å². The highest BCUT2D eigenvalue weighted by Crippen LogP contribution is 2.24. The zero-order chi connectivity index (χ0) is 16.8. The third kappa shape index (κ3) is 3.75. The smallest absolute Gasteiger partial charge is 0.287 e. The summed E-state index contributed by atoms with van der Waals surface area (Å²) in [4.78, 5) is 14.3. The van der Waals surface area contributed by atoms with Crippen molar-refractivity contribution in [2.75, 3.05) is 38.7 Å². The number of hydrogen-bond donors (Lipinski definition) is 2. The summed E-state index contributed by atoms with van der Waals surface area (Å²) in [6, 6.07) is 17.1. The highest BCUT2D eigenvalue weighted by molar-refractivity contribution is 5.95. The van der Waals surface area contributed by atoms with Crippen LogP contribution in [-0.2, 0) is 9.53 Å². The zero-order valence-electron chi connectivity index (χ0n) is 13.8. The summed E-state index contributed by atoms with van der Waals surface area (Å²) in [5.74, 6) is 0.636. The van der Waals surface area contributed by atoms with E-state index in [1.807, 2.05) is 54.6 Å². The Bertz CT molecular complexity index is 669. The maximum absolute atomic E-state index is 13.1. The van der Waals surface area contributed by atoms with Crippen LogP contribution in [0.5, 0.6) is 5.75 Å². The highest BCUT2D eigenvalue weighted by atomic mass is 16.5. The first kappa shape index (κ1) is 16.5. The fourth-order valence-corrected chi connectivity index (χ4v) is 3.09. The number of methoxy groups -OCH3 is 1. The number of anilines is 1. The van der Waals surface area contributed by atoms with Crippen LogP contribution in [-0.4, -0.2) is 39.3 Å². The Morgan fingerprint density at radius 1 is 1.08 bits per heavy atom. The fraction of sp³-hybridized carbons (Fsp3) is 0.316. The molecule has 0 aromatic heterocycles. The SMILES string of the molecule is COc1ccccc1NC(=O)[C@H](c1ccccc1)[NH+]1CCOCC1. The molecule has 1 aliphatic heterocycles. The van der Waals surface area contributed by atoms with E-state index in [0.717, 1.165) is 18.7 Å². The first-order valence-electron chi connectivity index (χ1n) is 8.21. The van der Waals surface area contributed by atoms with Gasteiger partial charge >= 0.3 is 0 Å². The lowest BCUT2D eigenvalue weighted by molar-refractivity contribution is -0.929. The van der Waals surface area contributed by atoms with Gasteiger partial charge in [0.2, 0.25) is 0 Å². The molecule has 1 aliphatic rings. The van der Waals surface area contributed by atoms with Gasteiger partial charge in [-0.05, 0) is 12.1 Å². The Kier molecular flexibility index (Phi) is 5.46. The number of morpholine rings is 1. The molecule has 126 valence electrons. The molecule has 3 rings (SSSR count). The molecule has 5 heteroatoms. The number of carbonyl (C=O) groups is 1. The van der Waals surface area contributed by atoms with Crippen LogP contribution < -0.4 is 15.0 Å². The Morgan fingerprint density at radius 3 is 2.46 bits per heavy atom. The maximum Gasteiger partial charge on any atom is 0.287 e. The normalized spacial score (nSPS) is 16.4. The molecule has 0 radical (unpaired) electrons. The molecule has 1 amide bonds. The average Bonchev–Trinajstić information content (AvgIpc) is 2.64. The predicted octanol–water partition coefficient (Wildman–Crippen LogP) is 1.29. The number of ether oxygens (including phenoxy) is 2. The molecular weight excluding hydrogens is 304 g/mol. The van der Waals surface area contributed by atoms with E-state index in [4.69, 9.17) is 9.47 Å². The Labute approximate surface area is 142 Å². The summed E-state index contributed by atoms with van der Waals surface area (Å²) in [7, 11) is 1.60. The molecule has 1 heterocycles. The second-order valence-corrected chi connectivity index (χ2v) is 5.80. The summed E-state index contributed by atoms with van der Waals surface area (Å²) < 4.78 is 10.8. The molecule has 2 N–H and O–H groups in total. The molecule has 0 aliphatic carbocycles. The summed E-state index contributed by atoms with van der Waals surface area (Å²) >= 11 is 0. The van der Waals surface area contributed by atoms with Gasteiger partial charge in [-0.25, -0.2) is 0 Å². The molecule has 1 atom stereocenters. The van der Waals surface area contributed by atoms with E-state index >= 15 is 0 Å². The lowest BCUT2D eigenvalue weighted by Gasteiger charge is -2.31. The maximum atomic E-state index is 13.1. The van der Waals surface area contributed by atoms with Gasteiger partial charge in [-0.2, -0.15) is 0 Å². The first-order valence-corrected chi connectivity index (χ1v) is 8.21. The van der Waals surface area contributed by atoms with E-state index in [1.165, 1.54) is 4.90 Å². The highest BCUT2D eigenvalue weighted by Gasteiger charge is 2.33.